The fourth-order valence-electron chi connectivity index (χ4n) is 2.75. The Morgan fingerprint density at radius 1 is 1.48 bits per heavy atom. The molecule has 6 nitrogen and oxygen atoms in total. The minimum absolute atomic E-state index is 0.0218. The molecule has 0 aromatic heterocycles. The maximum absolute atomic E-state index is 11.1. The number of piperidine rings is 1. The number of ether oxygens (including phenoxy) is 1. The van der Waals surface area contributed by atoms with Crippen LogP contribution in [0.5, 0.6) is 5.75 Å². The van der Waals surface area contributed by atoms with Gasteiger partial charge in [-0.25, -0.2) is 0 Å². The van der Waals surface area contributed by atoms with E-state index in [2.05, 4.69) is 4.90 Å². The largest absolute Gasteiger partial charge is 0.487 e. The van der Waals surface area contributed by atoms with E-state index in [0.29, 0.717) is 24.9 Å². The van der Waals surface area contributed by atoms with Crippen LogP contribution in [-0.4, -0.2) is 30.7 Å². The van der Waals surface area contributed by atoms with E-state index in [1.165, 1.54) is 12.5 Å². The quantitative estimate of drug-likeness (QED) is 0.644. The standard InChI is InChI=1S/C15H23N3O3/c1-2-9-21-15-10-12(6-7-14(15)18(19)20)17-8-4-3-5-13(17)11-16/h6-7,10,13H,2-5,8-9,11,16H2,1H3. The van der Waals surface area contributed by atoms with Gasteiger partial charge in [0, 0.05) is 37.0 Å². The van der Waals surface area contributed by atoms with Gasteiger partial charge in [0.25, 0.3) is 0 Å². The molecule has 2 N–H and O–H groups in total. The molecule has 1 saturated heterocycles. The summed E-state index contributed by atoms with van der Waals surface area (Å²) in [5, 5.41) is 11.1. The van der Waals surface area contributed by atoms with E-state index in [4.69, 9.17) is 10.5 Å². The van der Waals surface area contributed by atoms with Crippen LogP contribution in [0.4, 0.5) is 11.4 Å². The normalized spacial score (nSPS) is 18.6. The minimum atomic E-state index is -0.397. The Labute approximate surface area is 125 Å². The van der Waals surface area contributed by atoms with Crippen molar-refractivity contribution in [2.24, 2.45) is 5.73 Å². The van der Waals surface area contributed by atoms with Crippen LogP contribution in [0.15, 0.2) is 18.2 Å². The van der Waals surface area contributed by atoms with Crippen LogP contribution < -0.4 is 15.4 Å². The van der Waals surface area contributed by atoms with Gasteiger partial charge >= 0.3 is 5.69 Å². The van der Waals surface area contributed by atoms with Crippen molar-refractivity contribution in [2.75, 3.05) is 24.6 Å². The molecule has 0 aliphatic carbocycles. The maximum Gasteiger partial charge on any atom is 0.311 e. The average Bonchev–Trinajstić information content (AvgIpc) is 2.52. The van der Waals surface area contributed by atoms with Crippen LogP contribution in [0.1, 0.15) is 32.6 Å². The molecule has 116 valence electrons. The van der Waals surface area contributed by atoms with Gasteiger partial charge in [0.05, 0.1) is 11.5 Å². The molecule has 1 aromatic rings. The summed E-state index contributed by atoms with van der Waals surface area (Å²) in [5.41, 5.74) is 6.83. The highest BCUT2D eigenvalue weighted by molar-refractivity contribution is 5.60. The van der Waals surface area contributed by atoms with Crippen molar-refractivity contribution in [3.05, 3.63) is 28.3 Å². The van der Waals surface area contributed by atoms with Crippen molar-refractivity contribution in [3.8, 4) is 5.75 Å². The number of rotatable bonds is 6. The number of nitro benzene ring substituents is 1. The van der Waals surface area contributed by atoms with E-state index in [1.54, 1.807) is 12.1 Å². The van der Waals surface area contributed by atoms with Crippen molar-refractivity contribution in [1.29, 1.82) is 0 Å². The molecule has 0 bridgehead atoms. The van der Waals surface area contributed by atoms with Gasteiger partial charge in [-0.15, -0.1) is 0 Å². The topological polar surface area (TPSA) is 81.6 Å². The fourth-order valence-corrected chi connectivity index (χ4v) is 2.75. The number of hydrogen-bond acceptors (Lipinski definition) is 5. The van der Waals surface area contributed by atoms with E-state index < -0.39 is 4.92 Å². The molecule has 1 aliphatic heterocycles. The lowest BCUT2D eigenvalue weighted by Gasteiger charge is -2.37. The highest BCUT2D eigenvalue weighted by Crippen LogP contribution is 2.34. The molecule has 0 spiro atoms. The molecule has 6 heteroatoms. The number of benzene rings is 1. The Bertz CT molecular complexity index is 493. The van der Waals surface area contributed by atoms with Crippen molar-refractivity contribution in [2.45, 2.75) is 38.6 Å². The molecule has 0 amide bonds. The number of anilines is 1. The summed E-state index contributed by atoms with van der Waals surface area (Å²) < 4.78 is 5.55. The van der Waals surface area contributed by atoms with Crippen LogP contribution in [0.25, 0.3) is 0 Å². The second-order valence-corrected chi connectivity index (χ2v) is 5.34. The van der Waals surface area contributed by atoms with Crippen LogP contribution in [0, 0.1) is 10.1 Å². The van der Waals surface area contributed by atoms with E-state index >= 15 is 0 Å². The second kappa shape index (κ2) is 7.26. The van der Waals surface area contributed by atoms with Gasteiger partial charge < -0.3 is 15.4 Å². The minimum Gasteiger partial charge on any atom is -0.487 e. The predicted octanol–water partition coefficient (Wildman–Crippen LogP) is 2.70. The van der Waals surface area contributed by atoms with Gasteiger partial charge in [-0.1, -0.05) is 6.92 Å². The van der Waals surface area contributed by atoms with Gasteiger partial charge in [-0.3, -0.25) is 10.1 Å². The average molecular weight is 293 g/mol. The molecule has 21 heavy (non-hydrogen) atoms. The summed E-state index contributed by atoms with van der Waals surface area (Å²) in [5.74, 6) is 0.348. The highest BCUT2D eigenvalue weighted by Gasteiger charge is 2.24. The van der Waals surface area contributed by atoms with E-state index in [0.717, 1.165) is 31.5 Å². The first kappa shape index (κ1) is 15.6. The van der Waals surface area contributed by atoms with Gasteiger partial charge in [-0.2, -0.15) is 0 Å². The SMILES string of the molecule is CCCOc1cc(N2CCCCC2CN)ccc1[N+](=O)[O-]. The van der Waals surface area contributed by atoms with Crippen LogP contribution in [0.2, 0.25) is 0 Å². The Balaban J connectivity index is 2.29. The summed E-state index contributed by atoms with van der Waals surface area (Å²) in [7, 11) is 0. The zero-order valence-corrected chi connectivity index (χ0v) is 12.5. The third kappa shape index (κ3) is 3.64. The van der Waals surface area contributed by atoms with Gasteiger partial charge in [0.15, 0.2) is 5.75 Å². The summed E-state index contributed by atoms with van der Waals surface area (Å²) in [6.45, 7) is 3.99. The van der Waals surface area contributed by atoms with Crippen LogP contribution in [0.3, 0.4) is 0 Å². The molecule has 1 unspecified atom stereocenters. The van der Waals surface area contributed by atoms with E-state index in [9.17, 15) is 10.1 Å². The van der Waals surface area contributed by atoms with Gasteiger partial charge in [0.1, 0.15) is 0 Å². The fraction of sp³-hybridized carbons (Fsp3) is 0.600. The molecular formula is C15H23N3O3. The second-order valence-electron chi connectivity index (χ2n) is 5.34. The molecule has 1 fully saturated rings. The lowest BCUT2D eigenvalue weighted by Crippen LogP contribution is -2.44. The van der Waals surface area contributed by atoms with Crippen LogP contribution in [-0.2, 0) is 0 Å². The molecule has 1 atom stereocenters. The summed E-state index contributed by atoms with van der Waals surface area (Å²) >= 11 is 0. The van der Waals surface area contributed by atoms with Crippen molar-refractivity contribution in [1.82, 2.24) is 0 Å². The number of nitrogens with zero attached hydrogens (tertiary/aromatic N) is 2. The monoisotopic (exact) mass is 293 g/mol. The molecular weight excluding hydrogens is 270 g/mol. The van der Waals surface area contributed by atoms with Crippen molar-refractivity contribution >= 4 is 11.4 Å². The summed E-state index contributed by atoms with van der Waals surface area (Å²) in [6.07, 6.45) is 4.19. The highest BCUT2D eigenvalue weighted by atomic mass is 16.6. The van der Waals surface area contributed by atoms with Gasteiger partial charge in [-0.05, 0) is 31.7 Å². The first-order chi connectivity index (χ1) is 10.2. The Morgan fingerprint density at radius 2 is 2.29 bits per heavy atom. The number of nitro groups is 1. The Kier molecular flexibility index (Phi) is 5.38. The maximum atomic E-state index is 11.1. The smallest absolute Gasteiger partial charge is 0.311 e. The van der Waals surface area contributed by atoms with E-state index in [-0.39, 0.29) is 5.69 Å². The third-order valence-electron chi connectivity index (χ3n) is 3.83. The van der Waals surface area contributed by atoms with Crippen LogP contribution >= 0.6 is 0 Å². The molecule has 1 heterocycles. The molecule has 1 aliphatic rings. The first-order valence-electron chi connectivity index (χ1n) is 7.55. The number of nitrogens with two attached hydrogens (primary N) is 1. The van der Waals surface area contributed by atoms with E-state index in [1.807, 2.05) is 6.92 Å². The Morgan fingerprint density at radius 3 is 2.95 bits per heavy atom. The summed E-state index contributed by atoms with van der Waals surface area (Å²) in [6, 6.07) is 5.41. The number of hydrogen-bond donors (Lipinski definition) is 1. The molecule has 1 aromatic carbocycles. The molecule has 0 saturated carbocycles. The zero-order valence-electron chi connectivity index (χ0n) is 12.5. The predicted molar refractivity (Wildman–Crippen MR) is 82.9 cm³/mol. The van der Waals surface area contributed by atoms with Crippen molar-refractivity contribution < 1.29 is 9.66 Å². The lowest BCUT2D eigenvalue weighted by atomic mass is 10.0. The summed E-state index contributed by atoms with van der Waals surface area (Å²) in [4.78, 5) is 12.9. The van der Waals surface area contributed by atoms with Crippen molar-refractivity contribution in [3.63, 3.8) is 0 Å². The molecule has 2 rings (SSSR count). The first-order valence-corrected chi connectivity index (χ1v) is 7.55. The Hall–Kier alpha value is -1.82. The zero-order chi connectivity index (χ0) is 15.2. The molecule has 0 radical (unpaired) electrons. The third-order valence-corrected chi connectivity index (χ3v) is 3.83. The van der Waals surface area contributed by atoms with Gasteiger partial charge in [0.2, 0.25) is 0 Å². The lowest BCUT2D eigenvalue weighted by molar-refractivity contribution is -0.385.